The van der Waals surface area contributed by atoms with Crippen LogP contribution in [0.25, 0.3) is 0 Å². The molecule has 21 heavy (non-hydrogen) atoms. The predicted molar refractivity (Wildman–Crippen MR) is 87.9 cm³/mol. The van der Waals surface area contributed by atoms with Crippen molar-refractivity contribution in [1.82, 2.24) is 0 Å². The molecule has 0 saturated carbocycles. The highest BCUT2D eigenvalue weighted by Crippen LogP contribution is 2.26. The SMILES string of the molecule is Cc1cc(C)c(OCc2cc(C#CCCO)cs2)c(C)c1. The fraction of sp³-hybridized carbons (Fsp3) is 0.333. The Morgan fingerprint density at radius 1 is 1.14 bits per heavy atom. The van der Waals surface area contributed by atoms with Gasteiger partial charge in [0.2, 0.25) is 0 Å². The van der Waals surface area contributed by atoms with Crippen LogP contribution in [0, 0.1) is 32.6 Å². The number of aliphatic hydroxyl groups is 1. The molecule has 0 spiro atoms. The maximum Gasteiger partial charge on any atom is 0.125 e. The summed E-state index contributed by atoms with van der Waals surface area (Å²) in [4.78, 5) is 1.16. The van der Waals surface area contributed by atoms with Gasteiger partial charge in [-0.1, -0.05) is 29.5 Å². The Hall–Kier alpha value is -1.76. The summed E-state index contributed by atoms with van der Waals surface area (Å²) in [5, 5.41) is 10.7. The van der Waals surface area contributed by atoms with Gasteiger partial charge < -0.3 is 9.84 Å². The summed E-state index contributed by atoms with van der Waals surface area (Å²) in [6.45, 7) is 6.93. The van der Waals surface area contributed by atoms with Gasteiger partial charge in [0.1, 0.15) is 12.4 Å². The van der Waals surface area contributed by atoms with E-state index in [2.05, 4.69) is 44.7 Å². The Bertz CT molecular complexity index is 651. The largest absolute Gasteiger partial charge is 0.488 e. The minimum absolute atomic E-state index is 0.110. The molecule has 1 N–H and O–H groups in total. The highest BCUT2D eigenvalue weighted by molar-refractivity contribution is 7.10. The zero-order valence-corrected chi connectivity index (χ0v) is 13.5. The van der Waals surface area contributed by atoms with E-state index in [1.807, 2.05) is 11.4 Å². The van der Waals surface area contributed by atoms with Crippen molar-refractivity contribution in [2.75, 3.05) is 6.61 Å². The van der Waals surface area contributed by atoms with E-state index < -0.39 is 0 Å². The number of rotatable bonds is 4. The fourth-order valence-corrected chi connectivity index (χ4v) is 3.01. The summed E-state index contributed by atoms with van der Waals surface area (Å²) >= 11 is 1.65. The third-order valence-corrected chi connectivity index (χ3v) is 4.00. The first-order chi connectivity index (χ1) is 10.1. The molecular weight excluding hydrogens is 280 g/mol. The maximum atomic E-state index is 8.71. The average Bonchev–Trinajstić information content (AvgIpc) is 2.86. The molecule has 0 bridgehead atoms. The van der Waals surface area contributed by atoms with Crippen molar-refractivity contribution in [1.29, 1.82) is 0 Å². The van der Waals surface area contributed by atoms with Crippen LogP contribution in [0.3, 0.4) is 0 Å². The maximum absolute atomic E-state index is 8.71. The monoisotopic (exact) mass is 300 g/mol. The van der Waals surface area contributed by atoms with Gasteiger partial charge in [0.15, 0.2) is 0 Å². The van der Waals surface area contributed by atoms with Gasteiger partial charge in [-0.3, -0.25) is 0 Å². The quantitative estimate of drug-likeness (QED) is 0.865. The molecular formula is C18H20O2S. The van der Waals surface area contributed by atoms with Crippen LogP contribution in [-0.2, 0) is 6.61 Å². The normalized spacial score (nSPS) is 10.1. The minimum Gasteiger partial charge on any atom is -0.488 e. The van der Waals surface area contributed by atoms with Crippen LogP contribution in [0.15, 0.2) is 23.6 Å². The van der Waals surface area contributed by atoms with Crippen LogP contribution < -0.4 is 4.74 Å². The second kappa shape index (κ2) is 7.31. The van der Waals surface area contributed by atoms with E-state index in [0.29, 0.717) is 13.0 Å². The second-order valence-corrected chi connectivity index (χ2v) is 6.09. The van der Waals surface area contributed by atoms with Crippen molar-refractivity contribution < 1.29 is 9.84 Å². The van der Waals surface area contributed by atoms with Gasteiger partial charge >= 0.3 is 0 Å². The third kappa shape index (κ3) is 4.35. The van der Waals surface area contributed by atoms with E-state index in [0.717, 1.165) is 16.2 Å². The van der Waals surface area contributed by atoms with Crippen molar-refractivity contribution in [2.45, 2.75) is 33.8 Å². The smallest absolute Gasteiger partial charge is 0.125 e. The third-order valence-electron chi connectivity index (χ3n) is 3.09. The van der Waals surface area contributed by atoms with Crippen molar-refractivity contribution in [2.24, 2.45) is 0 Å². The molecule has 0 aliphatic rings. The van der Waals surface area contributed by atoms with Crippen LogP contribution in [-0.4, -0.2) is 11.7 Å². The van der Waals surface area contributed by atoms with E-state index >= 15 is 0 Å². The lowest BCUT2D eigenvalue weighted by Crippen LogP contribution is -1.98. The first-order valence-electron chi connectivity index (χ1n) is 6.98. The molecule has 2 rings (SSSR count). The van der Waals surface area contributed by atoms with Crippen LogP contribution in [0.2, 0.25) is 0 Å². The Labute approximate surface area is 130 Å². The number of aryl methyl sites for hydroxylation is 3. The van der Waals surface area contributed by atoms with Crippen LogP contribution in [0.4, 0.5) is 0 Å². The topological polar surface area (TPSA) is 29.5 Å². The summed E-state index contributed by atoms with van der Waals surface area (Å²) in [5.74, 6) is 6.94. The van der Waals surface area contributed by atoms with E-state index in [4.69, 9.17) is 9.84 Å². The average molecular weight is 300 g/mol. The number of thiophene rings is 1. The Morgan fingerprint density at radius 2 is 1.86 bits per heavy atom. The second-order valence-electron chi connectivity index (χ2n) is 5.09. The van der Waals surface area contributed by atoms with Crippen LogP contribution in [0.5, 0.6) is 5.75 Å². The molecule has 0 unspecified atom stereocenters. The lowest BCUT2D eigenvalue weighted by atomic mass is 10.1. The summed E-state index contributed by atoms with van der Waals surface area (Å²) in [6.07, 6.45) is 0.517. The first kappa shape index (κ1) is 15.6. The van der Waals surface area contributed by atoms with Gasteiger partial charge in [0.25, 0.3) is 0 Å². The predicted octanol–water partition coefficient (Wildman–Crippen LogP) is 3.99. The number of hydrogen-bond donors (Lipinski definition) is 1. The van der Waals surface area contributed by atoms with Gasteiger partial charge in [-0.2, -0.15) is 0 Å². The molecule has 0 amide bonds. The van der Waals surface area contributed by atoms with Gasteiger partial charge in [-0.05, 0) is 38.0 Å². The van der Waals surface area contributed by atoms with Gasteiger partial charge in [-0.15, -0.1) is 11.3 Å². The number of hydrogen-bond acceptors (Lipinski definition) is 3. The lowest BCUT2D eigenvalue weighted by Gasteiger charge is -2.12. The van der Waals surface area contributed by atoms with Crippen molar-refractivity contribution >= 4 is 11.3 Å². The van der Waals surface area contributed by atoms with E-state index in [9.17, 15) is 0 Å². The molecule has 0 aliphatic carbocycles. The zero-order valence-electron chi connectivity index (χ0n) is 12.7. The van der Waals surface area contributed by atoms with Crippen molar-refractivity contribution in [3.8, 4) is 17.6 Å². The molecule has 1 aromatic heterocycles. The number of aliphatic hydroxyl groups excluding tert-OH is 1. The molecule has 3 heteroatoms. The summed E-state index contributed by atoms with van der Waals surface area (Å²) < 4.78 is 5.97. The van der Waals surface area contributed by atoms with E-state index in [1.54, 1.807) is 11.3 Å². The summed E-state index contributed by atoms with van der Waals surface area (Å²) in [7, 11) is 0. The van der Waals surface area contributed by atoms with Crippen LogP contribution >= 0.6 is 11.3 Å². The highest BCUT2D eigenvalue weighted by Gasteiger charge is 2.06. The highest BCUT2D eigenvalue weighted by atomic mass is 32.1. The Morgan fingerprint density at radius 3 is 2.52 bits per heavy atom. The molecule has 1 heterocycles. The number of ether oxygens (including phenoxy) is 1. The van der Waals surface area contributed by atoms with Gasteiger partial charge in [0.05, 0.1) is 6.61 Å². The Balaban J connectivity index is 2.03. The van der Waals surface area contributed by atoms with Gasteiger partial charge in [-0.25, -0.2) is 0 Å². The molecule has 0 fully saturated rings. The fourth-order valence-electron chi connectivity index (χ4n) is 2.28. The molecule has 2 nitrogen and oxygen atoms in total. The number of benzene rings is 1. The molecule has 0 aliphatic heterocycles. The van der Waals surface area contributed by atoms with Crippen molar-refractivity contribution in [3.63, 3.8) is 0 Å². The molecule has 110 valence electrons. The van der Waals surface area contributed by atoms with E-state index in [1.165, 1.54) is 16.7 Å². The standard InChI is InChI=1S/C18H20O2S/c1-13-8-14(2)18(15(3)9-13)20-11-17-10-16(12-21-17)6-4-5-7-19/h8-10,12,19H,5,7,11H2,1-3H3. The molecule has 0 radical (unpaired) electrons. The summed E-state index contributed by atoms with van der Waals surface area (Å²) in [6, 6.07) is 6.33. The lowest BCUT2D eigenvalue weighted by molar-refractivity contribution is 0.305. The zero-order chi connectivity index (χ0) is 15.2. The molecule has 2 aromatic rings. The van der Waals surface area contributed by atoms with Crippen LogP contribution in [0.1, 0.15) is 33.6 Å². The van der Waals surface area contributed by atoms with Gasteiger partial charge in [0, 0.05) is 22.2 Å². The first-order valence-corrected chi connectivity index (χ1v) is 7.86. The molecule has 0 atom stereocenters. The molecule has 0 saturated heterocycles. The molecule has 1 aromatic carbocycles. The van der Waals surface area contributed by atoms with E-state index in [-0.39, 0.29) is 6.61 Å². The Kier molecular flexibility index (Phi) is 5.44. The van der Waals surface area contributed by atoms with Crippen molar-refractivity contribution in [3.05, 3.63) is 50.7 Å². The summed E-state index contributed by atoms with van der Waals surface area (Å²) in [5.41, 5.74) is 4.60. The minimum atomic E-state index is 0.110.